The first-order valence-corrected chi connectivity index (χ1v) is 6.67. The van der Waals surface area contributed by atoms with Crippen LogP contribution in [0.15, 0.2) is 21.0 Å². The SMILES string of the molecule is Fc1cc(Br)c2c(c1)CCN(c1nnc(C(F)F)o1)C2. The van der Waals surface area contributed by atoms with Crippen molar-refractivity contribution < 1.29 is 17.6 Å². The highest BCUT2D eigenvalue weighted by Gasteiger charge is 2.25. The van der Waals surface area contributed by atoms with Crippen LogP contribution in [0.4, 0.5) is 19.2 Å². The molecule has 0 atom stereocenters. The van der Waals surface area contributed by atoms with Gasteiger partial charge in [0.05, 0.1) is 0 Å². The molecule has 0 N–H and O–H groups in total. The van der Waals surface area contributed by atoms with E-state index in [0.29, 0.717) is 24.0 Å². The summed E-state index contributed by atoms with van der Waals surface area (Å²) in [4.78, 5) is 1.70. The van der Waals surface area contributed by atoms with Gasteiger partial charge >= 0.3 is 12.4 Å². The first-order chi connectivity index (χ1) is 9.54. The number of aromatic nitrogens is 2. The lowest BCUT2D eigenvalue weighted by Gasteiger charge is -2.27. The number of hydrogen-bond acceptors (Lipinski definition) is 4. The molecule has 0 bridgehead atoms. The average Bonchev–Trinajstić information content (AvgIpc) is 2.88. The Labute approximate surface area is 120 Å². The summed E-state index contributed by atoms with van der Waals surface area (Å²) in [5, 5.41) is 6.92. The van der Waals surface area contributed by atoms with Gasteiger partial charge in [0.15, 0.2) is 0 Å². The van der Waals surface area contributed by atoms with Gasteiger partial charge in [-0.25, -0.2) is 4.39 Å². The van der Waals surface area contributed by atoms with Crippen LogP contribution in [0.1, 0.15) is 23.4 Å². The van der Waals surface area contributed by atoms with E-state index in [-0.39, 0.29) is 11.8 Å². The van der Waals surface area contributed by atoms with Gasteiger partial charge in [-0.05, 0) is 29.7 Å². The van der Waals surface area contributed by atoms with E-state index in [0.717, 1.165) is 11.1 Å². The molecule has 0 spiro atoms. The molecule has 4 nitrogen and oxygen atoms in total. The van der Waals surface area contributed by atoms with Crippen LogP contribution < -0.4 is 4.90 Å². The predicted octanol–water partition coefficient (Wildman–Crippen LogP) is 3.47. The van der Waals surface area contributed by atoms with Crippen LogP contribution in [0, 0.1) is 5.82 Å². The molecule has 1 aliphatic heterocycles. The second kappa shape index (κ2) is 5.08. The molecule has 0 radical (unpaired) electrons. The number of benzene rings is 1. The molecule has 0 saturated carbocycles. The van der Waals surface area contributed by atoms with Crippen LogP contribution in [0.25, 0.3) is 0 Å². The molecular weight excluding hydrogens is 339 g/mol. The van der Waals surface area contributed by atoms with Gasteiger partial charge in [-0.1, -0.05) is 21.0 Å². The van der Waals surface area contributed by atoms with Crippen molar-refractivity contribution in [1.29, 1.82) is 0 Å². The Morgan fingerprint density at radius 2 is 2.10 bits per heavy atom. The number of hydrogen-bond donors (Lipinski definition) is 0. The predicted molar refractivity (Wildman–Crippen MR) is 68.1 cm³/mol. The van der Waals surface area contributed by atoms with Crippen molar-refractivity contribution >= 4 is 21.9 Å². The summed E-state index contributed by atoms with van der Waals surface area (Å²) in [6.07, 6.45) is -2.20. The van der Waals surface area contributed by atoms with Crippen molar-refractivity contribution in [3.05, 3.63) is 39.4 Å². The Hall–Kier alpha value is -1.57. The zero-order valence-corrected chi connectivity index (χ0v) is 11.7. The fourth-order valence-electron chi connectivity index (χ4n) is 2.19. The van der Waals surface area contributed by atoms with Gasteiger partial charge in [-0.2, -0.15) is 8.78 Å². The average molecular weight is 348 g/mol. The van der Waals surface area contributed by atoms with Crippen LogP contribution in [0.3, 0.4) is 0 Å². The summed E-state index contributed by atoms with van der Waals surface area (Å²) in [5.74, 6) is -0.995. The van der Waals surface area contributed by atoms with Crippen molar-refractivity contribution in [1.82, 2.24) is 10.2 Å². The standard InChI is InChI=1S/C12H9BrF3N3O/c13-9-4-7(14)3-6-1-2-19(5-8(6)9)12-18-17-11(20-12)10(15)16/h3-4,10H,1-2,5H2. The van der Waals surface area contributed by atoms with Crippen molar-refractivity contribution in [3.8, 4) is 0 Å². The first kappa shape index (κ1) is 13.4. The number of anilines is 1. The molecule has 0 amide bonds. The molecule has 2 heterocycles. The quantitative estimate of drug-likeness (QED) is 0.834. The van der Waals surface area contributed by atoms with E-state index < -0.39 is 12.3 Å². The summed E-state index contributed by atoms with van der Waals surface area (Å²) >= 11 is 3.31. The molecule has 8 heteroatoms. The summed E-state index contributed by atoms with van der Waals surface area (Å²) < 4.78 is 43.7. The number of rotatable bonds is 2. The molecule has 0 fully saturated rings. The third-order valence-electron chi connectivity index (χ3n) is 3.14. The van der Waals surface area contributed by atoms with E-state index >= 15 is 0 Å². The van der Waals surface area contributed by atoms with E-state index in [1.807, 2.05) is 0 Å². The van der Waals surface area contributed by atoms with Gasteiger partial charge in [0.1, 0.15) is 5.82 Å². The number of halogens is 4. The Bertz CT molecular complexity index is 647. The van der Waals surface area contributed by atoms with E-state index in [9.17, 15) is 13.2 Å². The maximum absolute atomic E-state index is 13.3. The summed E-state index contributed by atoms with van der Waals surface area (Å²) in [6.45, 7) is 0.912. The lowest BCUT2D eigenvalue weighted by molar-refractivity contribution is 0.115. The monoisotopic (exact) mass is 347 g/mol. The molecule has 3 rings (SSSR count). The number of alkyl halides is 2. The van der Waals surface area contributed by atoms with Crippen molar-refractivity contribution in [3.63, 3.8) is 0 Å². The maximum Gasteiger partial charge on any atom is 0.318 e. The molecule has 1 aliphatic rings. The minimum absolute atomic E-state index is 0.0576. The molecule has 106 valence electrons. The second-order valence-corrected chi connectivity index (χ2v) is 5.27. The smallest absolute Gasteiger partial charge is 0.318 e. The van der Waals surface area contributed by atoms with Crippen LogP contribution in [-0.2, 0) is 13.0 Å². The van der Waals surface area contributed by atoms with Gasteiger partial charge in [-0.15, -0.1) is 5.10 Å². The van der Waals surface area contributed by atoms with E-state index in [1.54, 1.807) is 4.90 Å². The van der Waals surface area contributed by atoms with Crippen molar-refractivity contribution in [2.45, 2.75) is 19.4 Å². The summed E-state index contributed by atoms with van der Waals surface area (Å²) in [6, 6.07) is 2.92. The van der Waals surface area contributed by atoms with E-state index in [2.05, 4.69) is 26.1 Å². The topological polar surface area (TPSA) is 42.2 Å². The van der Waals surface area contributed by atoms with Crippen molar-refractivity contribution in [2.75, 3.05) is 11.4 Å². The van der Waals surface area contributed by atoms with Gasteiger partial charge in [0.2, 0.25) is 0 Å². The number of fused-ring (bicyclic) bond motifs is 1. The zero-order chi connectivity index (χ0) is 14.3. The Morgan fingerprint density at radius 3 is 2.80 bits per heavy atom. The third-order valence-corrected chi connectivity index (χ3v) is 3.85. The number of nitrogens with zero attached hydrogens (tertiary/aromatic N) is 3. The molecule has 0 unspecified atom stereocenters. The van der Waals surface area contributed by atoms with Crippen LogP contribution in [0.5, 0.6) is 0 Å². The highest BCUT2D eigenvalue weighted by molar-refractivity contribution is 9.10. The van der Waals surface area contributed by atoms with Gasteiger partial charge < -0.3 is 9.32 Å². The molecular formula is C12H9BrF3N3O. The Morgan fingerprint density at radius 1 is 1.30 bits per heavy atom. The van der Waals surface area contributed by atoms with Crippen LogP contribution >= 0.6 is 15.9 Å². The lowest BCUT2D eigenvalue weighted by Crippen LogP contribution is -2.31. The maximum atomic E-state index is 13.3. The van der Waals surface area contributed by atoms with Gasteiger partial charge in [0.25, 0.3) is 5.89 Å². The van der Waals surface area contributed by atoms with Gasteiger partial charge in [-0.3, -0.25) is 0 Å². The highest BCUT2D eigenvalue weighted by Crippen LogP contribution is 2.30. The Kier molecular flexibility index (Phi) is 3.41. The van der Waals surface area contributed by atoms with Crippen LogP contribution in [0.2, 0.25) is 0 Å². The summed E-state index contributed by atoms with van der Waals surface area (Å²) in [7, 11) is 0. The Balaban J connectivity index is 1.88. The molecule has 0 saturated heterocycles. The molecule has 1 aromatic carbocycles. The van der Waals surface area contributed by atoms with Crippen molar-refractivity contribution in [2.24, 2.45) is 0 Å². The van der Waals surface area contributed by atoms with Crippen LogP contribution in [-0.4, -0.2) is 16.7 Å². The second-order valence-electron chi connectivity index (χ2n) is 4.42. The lowest BCUT2D eigenvalue weighted by atomic mass is 10.00. The van der Waals surface area contributed by atoms with Gasteiger partial charge in [0, 0.05) is 17.6 Å². The largest absolute Gasteiger partial charge is 0.402 e. The molecule has 2 aromatic rings. The highest BCUT2D eigenvalue weighted by atomic mass is 79.9. The molecule has 0 aliphatic carbocycles. The minimum atomic E-state index is -2.78. The van der Waals surface area contributed by atoms with E-state index in [1.165, 1.54) is 12.1 Å². The minimum Gasteiger partial charge on any atom is -0.402 e. The fourth-order valence-corrected chi connectivity index (χ4v) is 2.79. The first-order valence-electron chi connectivity index (χ1n) is 5.88. The zero-order valence-electron chi connectivity index (χ0n) is 10.1. The normalized spacial score (nSPS) is 14.8. The summed E-state index contributed by atoms with van der Waals surface area (Å²) in [5.41, 5.74) is 1.79. The molecule has 20 heavy (non-hydrogen) atoms. The van der Waals surface area contributed by atoms with E-state index in [4.69, 9.17) is 4.42 Å². The third kappa shape index (κ3) is 2.39. The fraction of sp³-hybridized carbons (Fsp3) is 0.333. The molecule has 1 aromatic heterocycles.